The Hall–Kier alpha value is -1.41. The quantitative estimate of drug-likeness (QED) is 0.737. The maximum atomic E-state index is 13.8. The van der Waals surface area contributed by atoms with Crippen LogP contribution in [0.2, 0.25) is 0 Å². The summed E-state index contributed by atoms with van der Waals surface area (Å²) in [6.07, 6.45) is 3.45. The summed E-state index contributed by atoms with van der Waals surface area (Å²) in [4.78, 5) is 3.97. The molecule has 0 fully saturated rings. The first kappa shape index (κ1) is 13.0. The van der Waals surface area contributed by atoms with Crippen molar-refractivity contribution in [3.8, 4) is 0 Å². The highest BCUT2D eigenvalue weighted by atomic mass is 35.5. The highest BCUT2D eigenvalue weighted by Crippen LogP contribution is 2.37. The summed E-state index contributed by atoms with van der Waals surface area (Å²) in [5.41, 5.74) is 2.63. The van der Waals surface area contributed by atoms with Gasteiger partial charge in [0.25, 0.3) is 0 Å². The fraction of sp³-hybridized carbons (Fsp3) is 0.267. The van der Waals surface area contributed by atoms with E-state index in [9.17, 15) is 4.39 Å². The van der Waals surface area contributed by atoms with Gasteiger partial charge in [-0.2, -0.15) is 0 Å². The van der Waals surface area contributed by atoms with Crippen LogP contribution < -0.4 is 0 Å². The minimum atomic E-state index is -0.382. The van der Waals surface area contributed by atoms with Crippen molar-refractivity contribution in [1.29, 1.82) is 0 Å². The Morgan fingerprint density at radius 1 is 1.17 bits per heavy atom. The zero-order chi connectivity index (χ0) is 13.1. The van der Waals surface area contributed by atoms with Crippen LogP contribution in [-0.4, -0.2) is 4.98 Å². The second kappa shape index (κ2) is 5.49. The van der Waals surface area contributed by atoms with E-state index < -0.39 is 0 Å². The van der Waals surface area contributed by atoms with Gasteiger partial charge in [0.05, 0.1) is 5.38 Å². The van der Waals surface area contributed by atoms with Crippen LogP contribution in [-0.2, 0) is 0 Å². The minimum Gasteiger partial charge on any atom is -0.265 e. The van der Waals surface area contributed by atoms with Crippen LogP contribution >= 0.6 is 11.6 Å². The van der Waals surface area contributed by atoms with Gasteiger partial charge in [-0.1, -0.05) is 24.6 Å². The topological polar surface area (TPSA) is 12.9 Å². The summed E-state index contributed by atoms with van der Waals surface area (Å²) in [5.74, 6) is -0.215. The molecule has 1 aromatic carbocycles. The molecule has 0 saturated carbocycles. The third-order valence-electron chi connectivity index (χ3n) is 3.12. The molecule has 0 N–H and O–H groups in total. The van der Waals surface area contributed by atoms with Crippen molar-refractivity contribution >= 4 is 11.6 Å². The first-order chi connectivity index (χ1) is 8.59. The number of nitrogens with zero attached hydrogens (tertiary/aromatic N) is 1. The molecule has 0 amide bonds. The fourth-order valence-electron chi connectivity index (χ4n) is 1.98. The second-order valence-electron chi connectivity index (χ2n) is 4.50. The van der Waals surface area contributed by atoms with Crippen molar-refractivity contribution < 1.29 is 4.39 Å². The zero-order valence-electron chi connectivity index (χ0n) is 10.4. The smallest absolute Gasteiger partial charge is 0.127 e. The predicted molar refractivity (Wildman–Crippen MR) is 72.4 cm³/mol. The minimum absolute atomic E-state index is 0.0333. The van der Waals surface area contributed by atoms with E-state index in [-0.39, 0.29) is 17.1 Å². The Kier molecular flexibility index (Phi) is 3.97. The molecule has 2 atom stereocenters. The number of benzene rings is 1. The third-order valence-corrected chi connectivity index (χ3v) is 3.73. The highest BCUT2D eigenvalue weighted by molar-refractivity contribution is 6.21. The van der Waals surface area contributed by atoms with E-state index in [0.29, 0.717) is 5.56 Å². The van der Waals surface area contributed by atoms with Crippen LogP contribution in [0.4, 0.5) is 4.39 Å². The van der Waals surface area contributed by atoms with Crippen LogP contribution in [0.25, 0.3) is 0 Å². The number of pyridine rings is 1. The van der Waals surface area contributed by atoms with Crippen molar-refractivity contribution in [3.63, 3.8) is 0 Å². The summed E-state index contributed by atoms with van der Waals surface area (Å²) < 4.78 is 13.8. The first-order valence-electron chi connectivity index (χ1n) is 5.89. The predicted octanol–water partition coefficient (Wildman–Crippen LogP) is 4.61. The van der Waals surface area contributed by atoms with E-state index in [0.717, 1.165) is 11.1 Å². The highest BCUT2D eigenvalue weighted by Gasteiger charge is 2.21. The van der Waals surface area contributed by atoms with E-state index in [2.05, 4.69) is 4.98 Å². The Morgan fingerprint density at radius 3 is 2.50 bits per heavy atom. The lowest BCUT2D eigenvalue weighted by atomic mass is 9.93. The van der Waals surface area contributed by atoms with E-state index in [4.69, 9.17) is 11.6 Å². The van der Waals surface area contributed by atoms with E-state index in [1.165, 1.54) is 6.07 Å². The molecule has 0 bridgehead atoms. The number of aryl methyl sites for hydroxylation is 1. The molecule has 2 unspecified atom stereocenters. The van der Waals surface area contributed by atoms with Crippen molar-refractivity contribution in [3.05, 3.63) is 65.2 Å². The van der Waals surface area contributed by atoms with E-state index in [1.807, 2.05) is 32.0 Å². The van der Waals surface area contributed by atoms with Crippen molar-refractivity contribution in [2.75, 3.05) is 0 Å². The molecule has 94 valence electrons. The number of aromatic nitrogens is 1. The molecule has 0 aliphatic heterocycles. The van der Waals surface area contributed by atoms with Crippen LogP contribution in [0.3, 0.4) is 0 Å². The summed E-state index contributed by atoms with van der Waals surface area (Å²) in [5, 5.41) is -0.382. The lowest BCUT2D eigenvalue weighted by Gasteiger charge is -2.19. The molecule has 1 nitrogen and oxygen atoms in total. The first-order valence-corrected chi connectivity index (χ1v) is 6.33. The van der Waals surface area contributed by atoms with Gasteiger partial charge in [0.15, 0.2) is 0 Å². The average Bonchev–Trinajstić information content (AvgIpc) is 2.41. The van der Waals surface area contributed by atoms with Crippen LogP contribution in [0, 0.1) is 12.7 Å². The number of rotatable bonds is 3. The van der Waals surface area contributed by atoms with Crippen molar-refractivity contribution in [2.24, 2.45) is 0 Å². The zero-order valence-corrected chi connectivity index (χ0v) is 11.2. The molecular formula is C15H15ClFN. The lowest BCUT2D eigenvalue weighted by Crippen LogP contribution is -2.05. The van der Waals surface area contributed by atoms with Gasteiger partial charge in [-0.05, 0) is 30.7 Å². The molecule has 3 heteroatoms. The summed E-state index contributed by atoms with van der Waals surface area (Å²) in [6.45, 7) is 3.93. The van der Waals surface area contributed by atoms with Gasteiger partial charge in [0, 0.05) is 23.9 Å². The molecule has 0 spiro atoms. The number of hydrogen-bond donors (Lipinski definition) is 0. The molecule has 0 aliphatic carbocycles. The SMILES string of the molecule is Cc1ccc(F)c(C(Cl)C(C)c2ccncc2)c1. The van der Waals surface area contributed by atoms with E-state index in [1.54, 1.807) is 18.5 Å². The largest absolute Gasteiger partial charge is 0.265 e. The molecule has 0 aliphatic rings. The Morgan fingerprint density at radius 2 is 1.83 bits per heavy atom. The van der Waals surface area contributed by atoms with E-state index >= 15 is 0 Å². The maximum absolute atomic E-state index is 13.8. The fourth-order valence-corrected chi connectivity index (χ4v) is 2.29. The molecule has 1 heterocycles. The van der Waals surface area contributed by atoms with Crippen molar-refractivity contribution in [1.82, 2.24) is 4.98 Å². The Labute approximate surface area is 112 Å². The van der Waals surface area contributed by atoms with Gasteiger partial charge in [0.2, 0.25) is 0 Å². The van der Waals surface area contributed by atoms with Crippen LogP contribution in [0.15, 0.2) is 42.7 Å². The molecule has 18 heavy (non-hydrogen) atoms. The maximum Gasteiger partial charge on any atom is 0.127 e. The Balaban J connectivity index is 2.31. The van der Waals surface area contributed by atoms with Gasteiger partial charge in [-0.15, -0.1) is 11.6 Å². The van der Waals surface area contributed by atoms with Crippen molar-refractivity contribution in [2.45, 2.75) is 25.1 Å². The average molecular weight is 264 g/mol. The molecule has 1 aromatic heterocycles. The summed E-state index contributed by atoms with van der Waals surface area (Å²) in [7, 11) is 0. The van der Waals surface area contributed by atoms with Gasteiger partial charge in [0.1, 0.15) is 5.82 Å². The van der Waals surface area contributed by atoms with Crippen LogP contribution in [0.1, 0.15) is 34.9 Å². The number of halogens is 2. The molecule has 2 rings (SSSR count). The second-order valence-corrected chi connectivity index (χ2v) is 4.97. The number of hydrogen-bond acceptors (Lipinski definition) is 1. The van der Waals surface area contributed by atoms with Gasteiger partial charge >= 0.3 is 0 Å². The summed E-state index contributed by atoms with van der Waals surface area (Å²) >= 11 is 6.41. The van der Waals surface area contributed by atoms with Gasteiger partial charge < -0.3 is 0 Å². The molecule has 0 radical (unpaired) electrons. The normalized spacial score (nSPS) is 14.2. The van der Waals surface area contributed by atoms with Crippen LogP contribution in [0.5, 0.6) is 0 Å². The third kappa shape index (κ3) is 2.70. The number of alkyl halides is 1. The van der Waals surface area contributed by atoms with Gasteiger partial charge in [-0.3, -0.25) is 4.98 Å². The monoisotopic (exact) mass is 263 g/mol. The standard InChI is InChI=1S/C15H15ClFN/c1-10-3-4-14(17)13(9-10)15(16)11(2)12-5-7-18-8-6-12/h3-9,11,15H,1-2H3. The van der Waals surface area contributed by atoms with Gasteiger partial charge in [-0.25, -0.2) is 4.39 Å². The molecule has 2 aromatic rings. The summed E-state index contributed by atoms with van der Waals surface area (Å²) in [6, 6.07) is 8.85. The lowest BCUT2D eigenvalue weighted by molar-refractivity contribution is 0.591. The molecule has 0 saturated heterocycles. The Bertz CT molecular complexity index is 527. The molecular weight excluding hydrogens is 249 g/mol.